The van der Waals surface area contributed by atoms with Crippen LogP contribution in [0.2, 0.25) is 0 Å². The van der Waals surface area contributed by atoms with Crippen molar-refractivity contribution in [2.24, 2.45) is 11.5 Å². The number of carbonyl (C=O) groups excluding carboxylic acids is 2. The number of rotatable bonds is 14. The first-order valence-corrected chi connectivity index (χ1v) is 20.1. The number of methoxy groups -OCH3 is 1. The van der Waals surface area contributed by atoms with Gasteiger partial charge >= 0.3 is 0 Å². The Morgan fingerprint density at radius 1 is 0.694 bits per heavy atom. The van der Waals surface area contributed by atoms with E-state index in [4.69, 9.17) is 35.9 Å². The lowest BCUT2D eigenvalue weighted by Crippen LogP contribution is -2.11. The van der Waals surface area contributed by atoms with Crippen LogP contribution in [0.15, 0.2) is 85.5 Å². The van der Waals surface area contributed by atoms with Gasteiger partial charge in [0, 0.05) is 83.6 Å². The van der Waals surface area contributed by atoms with Crippen molar-refractivity contribution in [1.82, 2.24) is 53.6 Å². The number of fused-ring (bicyclic) bond motifs is 6. The summed E-state index contributed by atoms with van der Waals surface area (Å²) in [4.78, 5) is 48.6. The second-order valence-electron chi connectivity index (χ2n) is 14.8. The lowest BCUT2D eigenvalue weighted by atomic mass is 10.1. The highest BCUT2D eigenvalue weighted by Gasteiger charge is 2.23. The van der Waals surface area contributed by atoms with E-state index in [-0.39, 0.29) is 12.2 Å². The van der Waals surface area contributed by atoms with E-state index in [0.29, 0.717) is 60.5 Å². The van der Waals surface area contributed by atoms with E-state index in [1.54, 1.807) is 56.0 Å². The molecule has 9 aromatic rings. The Hall–Kier alpha value is -7.95. The molecule has 17 nitrogen and oxygen atoms in total. The third-order valence-corrected chi connectivity index (χ3v) is 10.9. The maximum Gasteiger partial charge on any atom is 0.248 e. The molecule has 0 aliphatic heterocycles. The number of hydrogen-bond acceptors (Lipinski definition) is 11. The Morgan fingerprint density at radius 3 is 1.95 bits per heavy atom. The highest BCUT2D eigenvalue weighted by molar-refractivity contribution is 6.13. The van der Waals surface area contributed by atoms with Crippen LogP contribution < -0.4 is 20.9 Å². The van der Waals surface area contributed by atoms with Crippen molar-refractivity contribution in [3.63, 3.8) is 0 Å². The van der Waals surface area contributed by atoms with Crippen LogP contribution in [0.4, 0.5) is 0 Å². The van der Waals surface area contributed by atoms with Gasteiger partial charge in [-0.2, -0.15) is 10.2 Å². The minimum atomic E-state index is -0.591. The van der Waals surface area contributed by atoms with Crippen molar-refractivity contribution in [2.75, 3.05) is 7.11 Å². The van der Waals surface area contributed by atoms with E-state index in [0.717, 1.165) is 66.6 Å². The van der Waals surface area contributed by atoms with Crippen LogP contribution in [0.25, 0.3) is 66.6 Å². The van der Waals surface area contributed by atoms with E-state index >= 15 is 0 Å². The maximum atomic E-state index is 12.7. The standard InChI is InChI=1S/C45H43N13O4/c1-6-57-35(15-25(3)53-57)33-21-34-31(22-50-33)29-17-28(43(47)60)20-38(62-24-39-48-11-10-12-49-39)41(29)55(34)13-8-9-14-56-40-30(18-27(42(46)59)19-37(40)61-5)32-23-51-44(52-45(32)56)36-16-26(4)54-58(36)7-2/h8-12,15-23H,6-7,13-14,24H2,1-5H3,(H2,46,59)(H2,47,60)/b9-8+. The summed E-state index contributed by atoms with van der Waals surface area (Å²) >= 11 is 0. The van der Waals surface area contributed by atoms with Crippen molar-refractivity contribution >= 4 is 55.6 Å². The molecule has 0 fully saturated rings. The molecule has 7 aromatic heterocycles. The Balaban J connectivity index is 1.19. The van der Waals surface area contributed by atoms with Gasteiger partial charge in [-0.1, -0.05) is 12.2 Å². The fraction of sp³-hybridized carbons (Fsp3) is 0.222. The second kappa shape index (κ2) is 15.9. The lowest BCUT2D eigenvalue weighted by molar-refractivity contribution is 0.0991. The molecular formula is C45H43N13O4. The van der Waals surface area contributed by atoms with Crippen LogP contribution in [-0.4, -0.2) is 72.5 Å². The number of aromatic nitrogens is 11. The summed E-state index contributed by atoms with van der Waals surface area (Å²) in [5, 5.41) is 12.3. The molecule has 17 heteroatoms. The molecule has 0 bridgehead atoms. The molecule has 0 atom stereocenters. The van der Waals surface area contributed by atoms with Crippen LogP contribution in [0.3, 0.4) is 0 Å². The Morgan fingerprint density at radius 2 is 1.29 bits per heavy atom. The Kier molecular flexibility index (Phi) is 10.1. The van der Waals surface area contributed by atoms with Crippen LogP contribution in [0, 0.1) is 13.8 Å². The van der Waals surface area contributed by atoms with Gasteiger partial charge in [-0.05, 0) is 76.2 Å². The molecule has 7 heterocycles. The molecule has 0 saturated heterocycles. The number of amides is 2. The van der Waals surface area contributed by atoms with Crippen molar-refractivity contribution in [1.29, 1.82) is 0 Å². The second-order valence-corrected chi connectivity index (χ2v) is 14.8. The molecule has 312 valence electrons. The third-order valence-electron chi connectivity index (χ3n) is 10.9. The molecule has 0 aliphatic rings. The molecule has 0 radical (unpaired) electrons. The highest BCUT2D eigenvalue weighted by Crippen LogP contribution is 2.39. The van der Waals surface area contributed by atoms with E-state index in [1.807, 2.05) is 72.1 Å². The summed E-state index contributed by atoms with van der Waals surface area (Å²) in [5.41, 5.74) is 19.4. The van der Waals surface area contributed by atoms with Gasteiger partial charge < -0.3 is 30.1 Å². The fourth-order valence-corrected chi connectivity index (χ4v) is 8.10. The predicted octanol–water partition coefficient (Wildman–Crippen LogP) is 6.30. The number of nitrogens with two attached hydrogens (primary N) is 2. The first-order chi connectivity index (χ1) is 30.1. The molecule has 62 heavy (non-hydrogen) atoms. The average molecular weight is 830 g/mol. The van der Waals surface area contributed by atoms with Crippen molar-refractivity contribution < 1.29 is 19.1 Å². The number of allylic oxidation sites excluding steroid dienone is 2. The van der Waals surface area contributed by atoms with Crippen molar-refractivity contribution in [2.45, 2.75) is 60.5 Å². The topological polar surface area (TPSA) is 215 Å². The normalized spacial score (nSPS) is 11.8. The molecule has 2 aromatic carbocycles. The third kappa shape index (κ3) is 6.92. The Bertz CT molecular complexity index is 3250. The number of nitrogens with zero attached hydrogens (tertiary/aromatic N) is 11. The van der Waals surface area contributed by atoms with Crippen LogP contribution in [0.5, 0.6) is 11.5 Å². The summed E-state index contributed by atoms with van der Waals surface area (Å²) in [6.07, 6.45) is 11.0. The van der Waals surface area contributed by atoms with E-state index in [2.05, 4.69) is 30.8 Å². The summed E-state index contributed by atoms with van der Waals surface area (Å²) in [6, 6.07) is 14.6. The first-order valence-electron chi connectivity index (χ1n) is 20.1. The smallest absolute Gasteiger partial charge is 0.248 e. The van der Waals surface area contributed by atoms with Gasteiger partial charge in [-0.15, -0.1) is 0 Å². The predicted molar refractivity (Wildman–Crippen MR) is 235 cm³/mol. The zero-order valence-electron chi connectivity index (χ0n) is 34.8. The minimum absolute atomic E-state index is 0.0590. The molecule has 0 unspecified atom stereocenters. The van der Waals surface area contributed by atoms with Crippen molar-refractivity contribution in [3.05, 3.63) is 114 Å². The average Bonchev–Trinajstić information content (AvgIpc) is 4.03. The summed E-state index contributed by atoms with van der Waals surface area (Å²) in [5.74, 6) is 0.730. The van der Waals surface area contributed by atoms with Gasteiger partial charge in [0.25, 0.3) is 0 Å². The SMILES string of the molecule is CCn1nc(C)cc1-c1cc2c(cn1)c1cc(C(N)=O)cc(OCc3ncccn3)c1n2C/C=C/Cn1c2nc(-c3cc(C)nn3CC)ncc2c2cc(C(N)=O)cc(OC)c21. The number of carbonyl (C=O) groups is 2. The molecule has 4 N–H and O–H groups in total. The van der Waals surface area contributed by atoms with E-state index in [1.165, 1.54) is 0 Å². The molecule has 0 saturated carbocycles. The summed E-state index contributed by atoms with van der Waals surface area (Å²) in [6.45, 7) is 10.1. The first kappa shape index (κ1) is 39.5. The van der Waals surface area contributed by atoms with Crippen LogP contribution in [-0.2, 0) is 32.8 Å². The van der Waals surface area contributed by atoms with Crippen LogP contribution in [0.1, 0.15) is 51.8 Å². The Labute approximate surface area is 354 Å². The number of hydrogen-bond donors (Lipinski definition) is 2. The largest absolute Gasteiger partial charge is 0.495 e. The van der Waals surface area contributed by atoms with Crippen LogP contribution >= 0.6 is 0 Å². The van der Waals surface area contributed by atoms with E-state index < -0.39 is 11.8 Å². The molecular weight excluding hydrogens is 787 g/mol. The van der Waals surface area contributed by atoms with Gasteiger partial charge in [0.05, 0.1) is 46.4 Å². The quantitative estimate of drug-likeness (QED) is 0.116. The number of pyridine rings is 1. The summed E-state index contributed by atoms with van der Waals surface area (Å²) in [7, 11) is 1.56. The summed E-state index contributed by atoms with van der Waals surface area (Å²) < 4.78 is 20.3. The number of ether oxygens (including phenoxy) is 2. The fourth-order valence-electron chi connectivity index (χ4n) is 8.10. The molecule has 2 amide bonds. The molecule has 0 aliphatic carbocycles. The maximum absolute atomic E-state index is 12.7. The number of aryl methyl sites for hydroxylation is 4. The zero-order valence-corrected chi connectivity index (χ0v) is 34.8. The lowest BCUT2D eigenvalue weighted by Gasteiger charge is -2.12. The minimum Gasteiger partial charge on any atom is -0.495 e. The highest BCUT2D eigenvalue weighted by atomic mass is 16.5. The van der Waals surface area contributed by atoms with Crippen molar-refractivity contribution in [3.8, 4) is 34.4 Å². The zero-order chi connectivity index (χ0) is 43.2. The molecule has 0 spiro atoms. The van der Waals surface area contributed by atoms with Gasteiger partial charge in [-0.3, -0.25) is 23.9 Å². The van der Waals surface area contributed by atoms with E-state index in [9.17, 15) is 9.59 Å². The van der Waals surface area contributed by atoms with Gasteiger partial charge in [0.15, 0.2) is 11.6 Å². The number of benzene rings is 2. The molecule has 9 rings (SSSR count). The van der Waals surface area contributed by atoms with Gasteiger partial charge in [0.2, 0.25) is 11.8 Å². The number of primary amides is 2. The monoisotopic (exact) mass is 829 g/mol. The van der Waals surface area contributed by atoms with Gasteiger partial charge in [-0.25, -0.2) is 19.9 Å². The van der Waals surface area contributed by atoms with Gasteiger partial charge in [0.1, 0.15) is 29.4 Å².